The molecule has 82 valence electrons. The Bertz CT molecular complexity index is 395. The predicted molar refractivity (Wildman–Crippen MR) is 65.5 cm³/mol. The fraction of sp³-hybridized carbons (Fsp3) is 0.300. The third-order valence-corrected chi connectivity index (χ3v) is 3.14. The van der Waals surface area contributed by atoms with Crippen LogP contribution in [-0.4, -0.2) is 27.1 Å². The van der Waals surface area contributed by atoms with Crippen molar-refractivity contribution in [3.05, 3.63) is 23.8 Å². The summed E-state index contributed by atoms with van der Waals surface area (Å²) in [5.41, 5.74) is 0.706. The highest BCUT2D eigenvalue weighted by atomic mass is 35.5. The lowest BCUT2D eigenvalue weighted by Crippen LogP contribution is -1.95. The third kappa shape index (κ3) is 2.58. The number of phenolic OH excluding ortho intramolecular Hbond substituents is 2. The van der Waals surface area contributed by atoms with Crippen molar-refractivity contribution in [2.45, 2.75) is 12.2 Å². The lowest BCUT2D eigenvalue weighted by Gasteiger charge is -2.04. The van der Waals surface area contributed by atoms with Crippen LogP contribution in [0, 0.1) is 0 Å². The Hall–Kier alpha value is -0.870. The molecule has 0 saturated heterocycles. The van der Waals surface area contributed by atoms with Crippen LogP contribution in [0.3, 0.4) is 0 Å². The van der Waals surface area contributed by atoms with E-state index in [1.54, 1.807) is 23.9 Å². The van der Waals surface area contributed by atoms with Crippen LogP contribution in [0.4, 0.5) is 0 Å². The fourth-order valence-electron chi connectivity index (χ4n) is 1.33. The normalized spacial score (nSPS) is 19.5. The second kappa shape index (κ2) is 4.77. The molecule has 5 heteroatoms. The van der Waals surface area contributed by atoms with Gasteiger partial charge in [0.2, 0.25) is 0 Å². The van der Waals surface area contributed by atoms with Gasteiger partial charge in [-0.15, -0.1) is 24.2 Å². The Morgan fingerprint density at radius 2 is 2.13 bits per heavy atom. The van der Waals surface area contributed by atoms with E-state index in [0.29, 0.717) is 10.8 Å². The average molecular weight is 246 g/mol. The Morgan fingerprint density at radius 1 is 1.40 bits per heavy atom. The van der Waals surface area contributed by atoms with Gasteiger partial charge in [0.1, 0.15) is 16.5 Å². The van der Waals surface area contributed by atoms with Crippen molar-refractivity contribution in [3.8, 4) is 11.5 Å². The van der Waals surface area contributed by atoms with Gasteiger partial charge in [-0.1, -0.05) is 6.92 Å². The highest BCUT2D eigenvalue weighted by molar-refractivity contribution is 8.15. The zero-order valence-corrected chi connectivity index (χ0v) is 9.81. The Labute approximate surface area is 98.6 Å². The molecule has 0 radical (unpaired) electrons. The molecule has 0 saturated carbocycles. The Morgan fingerprint density at radius 3 is 2.67 bits per heavy atom. The Kier molecular flexibility index (Phi) is 3.88. The number of phenols is 2. The maximum Gasteiger partial charge on any atom is 0.129 e. The highest BCUT2D eigenvalue weighted by Gasteiger charge is 2.18. The summed E-state index contributed by atoms with van der Waals surface area (Å²) in [6.45, 7) is 2.89. The molecule has 15 heavy (non-hydrogen) atoms. The molecule has 1 atom stereocenters. The van der Waals surface area contributed by atoms with E-state index in [1.807, 2.05) is 0 Å². The van der Waals surface area contributed by atoms with Crippen LogP contribution in [-0.2, 0) is 0 Å². The van der Waals surface area contributed by atoms with Gasteiger partial charge in [0.15, 0.2) is 0 Å². The van der Waals surface area contributed by atoms with Crippen LogP contribution in [0.15, 0.2) is 23.2 Å². The van der Waals surface area contributed by atoms with Gasteiger partial charge < -0.3 is 10.2 Å². The van der Waals surface area contributed by atoms with Gasteiger partial charge in [0.05, 0.1) is 6.54 Å². The molecule has 2 rings (SSSR count). The summed E-state index contributed by atoms with van der Waals surface area (Å²) in [5, 5.41) is 20.0. The molecule has 1 aromatic rings. The van der Waals surface area contributed by atoms with Gasteiger partial charge >= 0.3 is 0 Å². The largest absolute Gasteiger partial charge is 0.508 e. The maximum atomic E-state index is 9.58. The van der Waals surface area contributed by atoms with Crippen molar-refractivity contribution in [3.63, 3.8) is 0 Å². The summed E-state index contributed by atoms with van der Waals surface area (Å²) < 4.78 is 0. The molecule has 1 unspecified atom stereocenters. The number of hydrogen-bond donors (Lipinski definition) is 2. The molecule has 0 aromatic heterocycles. The van der Waals surface area contributed by atoms with Gasteiger partial charge in [0, 0.05) is 16.9 Å². The van der Waals surface area contributed by atoms with Crippen LogP contribution in [0.2, 0.25) is 0 Å². The van der Waals surface area contributed by atoms with Gasteiger partial charge in [-0.3, -0.25) is 4.99 Å². The minimum atomic E-state index is 0. The lowest BCUT2D eigenvalue weighted by molar-refractivity contribution is 0.450. The van der Waals surface area contributed by atoms with Crippen molar-refractivity contribution in [1.82, 2.24) is 0 Å². The number of aromatic hydroxyl groups is 2. The van der Waals surface area contributed by atoms with Crippen molar-refractivity contribution in [2.24, 2.45) is 4.99 Å². The molecule has 3 nitrogen and oxygen atoms in total. The highest BCUT2D eigenvalue weighted by Crippen LogP contribution is 2.31. The first-order valence-electron chi connectivity index (χ1n) is 4.40. The molecule has 0 aliphatic carbocycles. The first-order chi connectivity index (χ1) is 6.66. The quantitative estimate of drug-likeness (QED) is 0.799. The lowest BCUT2D eigenvalue weighted by atomic mass is 10.2. The van der Waals surface area contributed by atoms with Crippen molar-refractivity contribution < 1.29 is 10.2 Å². The summed E-state index contributed by atoms with van der Waals surface area (Å²) in [4.78, 5) is 4.32. The first-order valence-corrected chi connectivity index (χ1v) is 5.28. The minimum absolute atomic E-state index is 0. The number of rotatable bonds is 1. The second-order valence-electron chi connectivity index (χ2n) is 3.28. The first kappa shape index (κ1) is 12.2. The molecule has 0 bridgehead atoms. The molecule has 1 aliphatic heterocycles. The average Bonchev–Trinajstić information content (AvgIpc) is 2.51. The molecule has 0 fully saturated rings. The number of benzene rings is 1. The van der Waals surface area contributed by atoms with E-state index in [2.05, 4.69) is 11.9 Å². The second-order valence-corrected chi connectivity index (χ2v) is 4.70. The molecular formula is C10H12ClNO2S. The maximum absolute atomic E-state index is 9.58. The summed E-state index contributed by atoms with van der Waals surface area (Å²) in [6, 6.07) is 4.58. The number of thioether (sulfide) groups is 1. The molecular weight excluding hydrogens is 234 g/mol. The van der Waals surface area contributed by atoms with Crippen LogP contribution < -0.4 is 0 Å². The molecule has 1 aliphatic rings. The van der Waals surface area contributed by atoms with Crippen LogP contribution in [0.25, 0.3) is 0 Å². The Balaban J connectivity index is 0.00000112. The van der Waals surface area contributed by atoms with Gasteiger partial charge in [-0.25, -0.2) is 0 Å². The number of halogens is 1. The zero-order valence-electron chi connectivity index (χ0n) is 8.17. The van der Waals surface area contributed by atoms with E-state index >= 15 is 0 Å². The molecule has 1 heterocycles. The minimum Gasteiger partial charge on any atom is -0.508 e. The number of hydrogen-bond acceptors (Lipinski definition) is 4. The van der Waals surface area contributed by atoms with E-state index < -0.39 is 0 Å². The van der Waals surface area contributed by atoms with E-state index in [0.717, 1.165) is 11.6 Å². The van der Waals surface area contributed by atoms with Crippen LogP contribution in [0.5, 0.6) is 11.5 Å². The molecule has 1 aromatic carbocycles. The summed E-state index contributed by atoms with van der Waals surface area (Å²) in [7, 11) is 0. The fourth-order valence-corrected chi connectivity index (χ4v) is 2.30. The SMILES string of the molecule is CC1CN=C(c2ccc(O)cc2O)S1.Cl. The van der Waals surface area contributed by atoms with Gasteiger partial charge in [-0.2, -0.15) is 0 Å². The summed E-state index contributed by atoms with van der Waals surface area (Å²) in [6.07, 6.45) is 0. The third-order valence-electron chi connectivity index (χ3n) is 2.02. The van der Waals surface area contributed by atoms with Crippen molar-refractivity contribution in [2.75, 3.05) is 6.54 Å². The van der Waals surface area contributed by atoms with E-state index in [4.69, 9.17) is 5.11 Å². The van der Waals surface area contributed by atoms with Crippen molar-refractivity contribution in [1.29, 1.82) is 0 Å². The standard InChI is InChI=1S/C10H11NO2S.ClH/c1-6-5-11-10(14-6)8-3-2-7(12)4-9(8)13;/h2-4,6,12-13H,5H2,1H3;1H. The zero-order chi connectivity index (χ0) is 10.1. The molecule has 0 spiro atoms. The predicted octanol–water partition coefficient (Wildman–Crippen LogP) is 2.40. The summed E-state index contributed by atoms with van der Waals surface area (Å²) >= 11 is 1.65. The summed E-state index contributed by atoms with van der Waals surface area (Å²) in [5.74, 6) is 0.160. The van der Waals surface area contributed by atoms with E-state index in [9.17, 15) is 5.11 Å². The van der Waals surface area contributed by atoms with E-state index in [1.165, 1.54) is 6.07 Å². The smallest absolute Gasteiger partial charge is 0.129 e. The van der Waals surface area contributed by atoms with Gasteiger partial charge in [0.25, 0.3) is 0 Å². The molecule has 2 N–H and O–H groups in total. The van der Waals surface area contributed by atoms with Crippen LogP contribution in [0.1, 0.15) is 12.5 Å². The van der Waals surface area contributed by atoms with E-state index in [-0.39, 0.29) is 23.9 Å². The molecule has 0 amide bonds. The van der Waals surface area contributed by atoms with Crippen molar-refractivity contribution >= 4 is 29.2 Å². The number of nitrogens with zero attached hydrogens (tertiary/aromatic N) is 1. The topological polar surface area (TPSA) is 52.8 Å². The van der Waals surface area contributed by atoms with Crippen LogP contribution >= 0.6 is 24.2 Å². The number of aliphatic imine (C=N–C) groups is 1. The van der Waals surface area contributed by atoms with Gasteiger partial charge in [-0.05, 0) is 12.1 Å². The monoisotopic (exact) mass is 245 g/mol.